The van der Waals surface area contributed by atoms with Gasteiger partial charge in [0.2, 0.25) is 11.7 Å². The zero-order valence-electron chi connectivity index (χ0n) is 15.8. The number of nitrogens with zero attached hydrogens (tertiary/aromatic N) is 2. The van der Waals surface area contributed by atoms with Crippen LogP contribution in [0.4, 0.5) is 5.69 Å². The van der Waals surface area contributed by atoms with Gasteiger partial charge in [-0.3, -0.25) is 14.6 Å². The number of fused-ring (bicyclic) bond motifs is 2. The summed E-state index contributed by atoms with van der Waals surface area (Å²) in [7, 11) is 1.71. The summed E-state index contributed by atoms with van der Waals surface area (Å²) >= 11 is 0. The highest BCUT2D eigenvalue weighted by molar-refractivity contribution is 6.14. The number of nitrogens with one attached hydrogen (secondary N) is 3. The van der Waals surface area contributed by atoms with Gasteiger partial charge in [-0.2, -0.15) is 0 Å². The van der Waals surface area contributed by atoms with Crippen molar-refractivity contribution in [2.24, 2.45) is 4.99 Å². The van der Waals surface area contributed by atoms with Gasteiger partial charge < -0.3 is 20.9 Å². The summed E-state index contributed by atoms with van der Waals surface area (Å²) in [6.07, 6.45) is 3.74. The third kappa shape index (κ3) is 2.79. The molecular weight excluding hydrogens is 366 g/mol. The molecule has 0 spiro atoms. The van der Waals surface area contributed by atoms with Crippen LogP contribution in [0.25, 0.3) is 5.70 Å². The van der Waals surface area contributed by atoms with Gasteiger partial charge in [0.25, 0.3) is 0 Å². The monoisotopic (exact) mass is 385 g/mol. The molecule has 7 nitrogen and oxygen atoms in total. The first kappa shape index (κ1) is 17.2. The first-order valence-corrected chi connectivity index (χ1v) is 9.37. The predicted octanol–water partition coefficient (Wildman–Crippen LogP) is 2.07. The lowest BCUT2D eigenvalue weighted by Crippen LogP contribution is -2.49. The minimum Gasteiger partial charge on any atom is -0.354 e. The molecule has 0 bridgehead atoms. The smallest absolute Gasteiger partial charge is 0.228 e. The maximum atomic E-state index is 13.4. The maximum absolute atomic E-state index is 13.4. The molecule has 3 heterocycles. The number of allylic oxidation sites excluding steroid dienone is 1. The van der Waals surface area contributed by atoms with Crippen molar-refractivity contribution in [3.05, 3.63) is 83.3 Å². The Kier molecular flexibility index (Phi) is 3.94. The van der Waals surface area contributed by atoms with Crippen LogP contribution >= 0.6 is 0 Å². The molecule has 3 aliphatic rings. The zero-order chi connectivity index (χ0) is 20.0. The lowest BCUT2D eigenvalue weighted by molar-refractivity contribution is -0.115. The zero-order valence-corrected chi connectivity index (χ0v) is 15.8. The summed E-state index contributed by atoms with van der Waals surface area (Å²) < 4.78 is 0. The number of Topliss-reactive ketones (excluding diaryl/α,β-unsaturated/α-hetero) is 1. The molecule has 7 heteroatoms. The van der Waals surface area contributed by atoms with Gasteiger partial charge in [-0.15, -0.1) is 0 Å². The molecule has 2 aromatic carbocycles. The predicted molar refractivity (Wildman–Crippen MR) is 111 cm³/mol. The molecule has 5 rings (SSSR count). The third-order valence-corrected chi connectivity index (χ3v) is 5.29. The normalized spacial score (nSPS) is 20.9. The largest absolute Gasteiger partial charge is 0.354 e. The lowest BCUT2D eigenvalue weighted by Gasteiger charge is -2.30. The first-order chi connectivity index (χ1) is 14.2. The van der Waals surface area contributed by atoms with Crippen LogP contribution in [0.3, 0.4) is 0 Å². The van der Waals surface area contributed by atoms with E-state index in [-0.39, 0.29) is 17.9 Å². The Morgan fingerprint density at radius 1 is 1.17 bits per heavy atom. The van der Waals surface area contributed by atoms with Crippen molar-refractivity contribution in [3.8, 4) is 0 Å². The summed E-state index contributed by atoms with van der Waals surface area (Å²) in [6, 6.07) is 15.0. The number of anilines is 1. The van der Waals surface area contributed by atoms with E-state index in [2.05, 4.69) is 20.9 Å². The number of ketones is 1. The second kappa shape index (κ2) is 6.63. The maximum Gasteiger partial charge on any atom is 0.228 e. The summed E-state index contributed by atoms with van der Waals surface area (Å²) in [5, 5.41) is 9.33. The average molecular weight is 385 g/mol. The van der Waals surface area contributed by atoms with E-state index in [9.17, 15) is 9.59 Å². The molecule has 1 amide bonds. The van der Waals surface area contributed by atoms with Crippen molar-refractivity contribution in [1.82, 2.24) is 15.5 Å². The molecular formula is C22H19N5O2. The lowest BCUT2D eigenvalue weighted by atomic mass is 10.0. The van der Waals surface area contributed by atoms with Crippen LogP contribution in [0.5, 0.6) is 0 Å². The number of amides is 1. The van der Waals surface area contributed by atoms with Crippen LogP contribution in [0.15, 0.2) is 71.6 Å². The van der Waals surface area contributed by atoms with Crippen molar-refractivity contribution >= 4 is 28.9 Å². The molecule has 0 aromatic heterocycles. The second-order valence-corrected chi connectivity index (χ2v) is 7.04. The summed E-state index contributed by atoms with van der Waals surface area (Å²) in [4.78, 5) is 31.4. The van der Waals surface area contributed by atoms with E-state index in [0.717, 1.165) is 28.3 Å². The van der Waals surface area contributed by atoms with Crippen molar-refractivity contribution in [1.29, 1.82) is 0 Å². The van der Waals surface area contributed by atoms with Gasteiger partial charge in [0, 0.05) is 36.3 Å². The van der Waals surface area contributed by atoms with E-state index >= 15 is 0 Å². The molecule has 0 saturated heterocycles. The van der Waals surface area contributed by atoms with Gasteiger partial charge >= 0.3 is 0 Å². The standard InChI is InChI=1S/C22H19N5O2/c1-23-21-22-26-18(20(29)13-5-3-2-4-6-13)19(27(22)10-9-24-21)14-7-8-16-15(11-14)12-17(28)25-16/h2-11,22,26H,12H2,1H3,(H,23,24)(H,25,28). The van der Waals surface area contributed by atoms with E-state index in [4.69, 9.17) is 0 Å². The minimum absolute atomic E-state index is 0.0170. The fourth-order valence-corrected chi connectivity index (χ4v) is 3.94. The summed E-state index contributed by atoms with van der Waals surface area (Å²) in [5.74, 6) is 0.615. The van der Waals surface area contributed by atoms with Crippen LogP contribution in [0.2, 0.25) is 0 Å². The molecule has 0 aliphatic carbocycles. The number of rotatable bonds is 3. The Labute approximate surface area is 167 Å². The fraction of sp³-hybridized carbons (Fsp3) is 0.136. The quantitative estimate of drug-likeness (QED) is 0.705. The third-order valence-electron chi connectivity index (χ3n) is 5.29. The molecule has 0 saturated carbocycles. The molecule has 0 radical (unpaired) electrons. The van der Waals surface area contributed by atoms with E-state index in [1.807, 2.05) is 47.5 Å². The first-order valence-electron chi connectivity index (χ1n) is 9.37. The SMILES string of the molecule is CN=C1NC=CN2C(c3ccc4c(c3)CC(=O)N4)=C(C(=O)c3ccccc3)NC12. The average Bonchev–Trinajstić information content (AvgIpc) is 3.32. The highest BCUT2D eigenvalue weighted by Gasteiger charge is 2.38. The van der Waals surface area contributed by atoms with Gasteiger partial charge in [-0.05, 0) is 17.7 Å². The van der Waals surface area contributed by atoms with Crippen LogP contribution in [0.1, 0.15) is 21.5 Å². The minimum atomic E-state index is -0.296. The molecule has 1 unspecified atom stereocenters. The van der Waals surface area contributed by atoms with Gasteiger partial charge in [-0.1, -0.05) is 36.4 Å². The topological polar surface area (TPSA) is 85.8 Å². The van der Waals surface area contributed by atoms with Crippen molar-refractivity contribution < 1.29 is 9.59 Å². The molecule has 3 aliphatic heterocycles. The van der Waals surface area contributed by atoms with Crippen molar-refractivity contribution in [2.75, 3.05) is 12.4 Å². The Morgan fingerprint density at radius 3 is 2.79 bits per heavy atom. The fourth-order valence-electron chi connectivity index (χ4n) is 3.94. The second-order valence-electron chi connectivity index (χ2n) is 7.04. The number of carbonyl (C=O) groups excluding carboxylic acids is 2. The Bertz CT molecular complexity index is 1120. The number of benzene rings is 2. The summed E-state index contributed by atoms with van der Waals surface area (Å²) in [5.41, 5.74) is 4.51. The van der Waals surface area contributed by atoms with Gasteiger partial charge in [0.05, 0.1) is 12.1 Å². The molecule has 2 aromatic rings. The number of aliphatic imine (C=N–C) groups is 1. The Balaban J connectivity index is 1.65. The Morgan fingerprint density at radius 2 is 2.00 bits per heavy atom. The number of hydrogen-bond acceptors (Lipinski definition) is 5. The van der Waals surface area contributed by atoms with E-state index in [1.165, 1.54) is 0 Å². The number of amidine groups is 1. The summed E-state index contributed by atoms with van der Waals surface area (Å²) in [6.45, 7) is 0. The number of carbonyl (C=O) groups is 2. The van der Waals surface area contributed by atoms with Crippen LogP contribution in [-0.4, -0.2) is 35.6 Å². The van der Waals surface area contributed by atoms with E-state index < -0.39 is 0 Å². The van der Waals surface area contributed by atoms with Gasteiger partial charge in [0.15, 0.2) is 6.17 Å². The molecule has 3 N–H and O–H groups in total. The Hall–Kier alpha value is -3.87. The van der Waals surface area contributed by atoms with Gasteiger partial charge in [-0.25, -0.2) is 0 Å². The molecule has 1 atom stereocenters. The number of hydrogen-bond donors (Lipinski definition) is 3. The highest BCUT2D eigenvalue weighted by atomic mass is 16.1. The van der Waals surface area contributed by atoms with Crippen LogP contribution < -0.4 is 16.0 Å². The van der Waals surface area contributed by atoms with Crippen molar-refractivity contribution in [2.45, 2.75) is 12.6 Å². The van der Waals surface area contributed by atoms with Crippen LogP contribution in [-0.2, 0) is 11.2 Å². The molecule has 0 fully saturated rings. The van der Waals surface area contributed by atoms with Crippen molar-refractivity contribution in [3.63, 3.8) is 0 Å². The highest BCUT2D eigenvalue weighted by Crippen LogP contribution is 2.35. The van der Waals surface area contributed by atoms with E-state index in [1.54, 1.807) is 25.4 Å². The molecule has 29 heavy (non-hydrogen) atoms. The van der Waals surface area contributed by atoms with E-state index in [0.29, 0.717) is 17.7 Å². The van der Waals surface area contributed by atoms with Gasteiger partial charge in [0.1, 0.15) is 11.5 Å². The van der Waals surface area contributed by atoms with Crippen LogP contribution in [0, 0.1) is 0 Å². The molecule has 144 valence electrons.